The van der Waals surface area contributed by atoms with E-state index in [1.54, 1.807) is 48.7 Å². The molecular formula is C15H13FN4O2S. The molecule has 0 fully saturated rings. The van der Waals surface area contributed by atoms with Gasteiger partial charge < -0.3 is 4.98 Å². The molecule has 1 aromatic heterocycles. The molecule has 3 aromatic rings. The Hall–Kier alpha value is -2.71. The summed E-state index contributed by atoms with van der Waals surface area (Å²) in [5, 5.41) is 4.91. The van der Waals surface area contributed by atoms with Crippen molar-refractivity contribution >= 4 is 15.9 Å². The minimum atomic E-state index is -3.80. The van der Waals surface area contributed by atoms with Crippen LogP contribution in [0.5, 0.6) is 0 Å². The highest BCUT2D eigenvalue weighted by atomic mass is 32.2. The second-order valence-corrected chi connectivity index (χ2v) is 6.14. The molecule has 0 saturated heterocycles. The Kier molecular flexibility index (Phi) is 3.85. The summed E-state index contributed by atoms with van der Waals surface area (Å²) in [5.41, 5.74) is 2.20. The highest BCUT2D eigenvalue weighted by molar-refractivity contribution is 7.90. The lowest BCUT2D eigenvalue weighted by atomic mass is 10.1. The third-order valence-corrected chi connectivity index (χ3v) is 3.68. The number of nitrogens with one attached hydrogen (secondary N) is 2. The molecule has 2 aromatic carbocycles. The molecule has 1 heterocycles. The Morgan fingerprint density at radius 3 is 2.43 bits per heavy atom. The first-order valence-electron chi connectivity index (χ1n) is 6.63. The first-order chi connectivity index (χ1) is 10.9. The van der Waals surface area contributed by atoms with Gasteiger partial charge in [0.1, 0.15) is 11.6 Å². The van der Waals surface area contributed by atoms with Gasteiger partial charge >= 0.3 is 0 Å². The van der Waals surface area contributed by atoms with Crippen molar-refractivity contribution in [3.05, 3.63) is 60.5 Å². The standard InChI is InChI=1S/C15H13FN4O2S/c16-13-4-2-1-3-12(13)15-18-9-14(19-15)10-5-7-11(8-6-10)20-23(17,21)22/h1-9,20H,(H,18,19)(H2,17,21,22). The summed E-state index contributed by atoms with van der Waals surface area (Å²) in [6.45, 7) is 0. The zero-order valence-electron chi connectivity index (χ0n) is 11.8. The summed E-state index contributed by atoms with van der Waals surface area (Å²) in [4.78, 5) is 7.22. The van der Waals surface area contributed by atoms with E-state index in [0.29, 0.717) is 22.8 Å². The minimum absolute atomic E-state index is 0.352. The molecule has 0 unspecified atom stereocenters. The fourth-order valence-corrected chi connectivity index (χ4v) is 2.60. The van der Waals surface area contributed by atoms with Crippen molar-refractivity contribution in [2.24, 2.45) is 5.14 Å². The van der Waals surface area contributed by atoms with E-state index in [1.165, 1.54) is 6.07 Å². The molecule has 0 amide bonds. The van der Waals surface area contributed by atoms with E-state index in [4.69, 9.17) is 5.14 Å². The van der Waals surface area contributed by atoms with Gasteiger partial charge in [-0.1, -0.05) is 24.3 Å². The number of imidazole rings is 1. The van der Waals surface area contributed by atoms with Crippen LogP contribution in [-0.4, -0.2) is 18.4 Å². The molecule has 8 heteroatoms. The minimum Gasteiger partial charge on any atom is -0.338 e. The summed E-state index contributed by atoms with van der Waals surface area (Å²) >= 11 is 0. The molecule has 23 heavy (non-hydrogen) atoms. The molecule has 0 atom stereocenters. The number of aromatic nitrogens is 2. The number of hydrogen-bond acceptors (Lipinski definition) is 3. The average Bonchev–Trinajstić information content (AvgIpc) is 2.96. The number of hydrogen-bond donors (Lipinski definition) is 3. The van der Waals surface area contributed by atoms with Gasteiger partial charge in [0.2, 0.25) is 0 Å². The summed E-state index contributed by atoms with van der Waals surface area (Å²) in [6.07, 6.45) is 1.59. The van der Waals surface area contributed by atoms with Gasteiger partial charge in [0.15, 0.2) is 0 Å². The number of aromatic amines is 1. The van der Waals surface area contributed by atoms with E-state index in [0.717, 1.165) is 5.56 Å². The van der Waals surface area contributed by atoms with E-state index < -0.39 is 10.2 Å². The predicted molar refractivity (Wildman–Crippen MR) is 86.1 cm³/mol. The predicted octanol–water partition coefficient (Wildman–Crippen LogP) is 2.50. The molecule has 3 rings (SSSR count). The van der Waals surface area contributed by atoms with Crippen molar-refractivity contribution in [2.75, 3.05) is 4.72 Å². The van der Waals surface area contributed by atoms with Crippen molar-refractivity contribution < 1.29 is 12.8 Å². The number of anilines is 1. The summed E-state index contributed by atoms with van der Waals surface area (Å²) < 4.78 is 37.9. The Morgan fingerprint density at radius 2 is 1.78 bits per heavy atom. The van der Waals surface area contributed by atoms with E-state index >= 15 is 0 Å². The van der Waals surface area contributed by atoms with Crippen LogP contribution in [0, 0.1) is 5.82 Å². The van der Waals surface area contributed by atoms with Gasteiger partial charge in [0.25, 0.3) is 10.2 Å². The SMILES string of the molecule is NS(=O)(=O)Nc1ccc(-c2cnc(-c3ccccc3F)[nH]2)cc1. The van der Waals surface area contributed by atoms with Crippen LogP contribution in [0.1, 0.15) is 0 Å². The first kappa shape index (κ1) is 15.2. The second-order valence-electron chi connectivity index (χ2n) is 4.85. The number of halogens is 1. The molecule has 4 N–H and O–H groups in total. The molecule has 118 valence electrons. The van der Waals surface area contributed by atoms with Crippen molar-refractivity contribution in [3.8, 4) is 22.6 Å². The largest absolute Gasteiger partial charge is 0.338 e. The highest BCUT2D eigenvalue weighted by Crippen LogP contribution is 2.25. The maximum Gasteiger partial charge on any atom is 0.296 e. The Bertz CT molecular complexity index is 936. The van der Waals surface area contributed by atoms with Crippen LogP contribution in [0.4, 0.5) is 10.1 Å². The Balaban J connectivity index is 1.88. The zero-order valence-corrected chi connectivity index (χ0v) is 12.6. The van der Waals surface area contributed by atoms with Gasteiger partial charge in [-0.05, 0) is 29.8 Å². The van der Waals surface area contributed by atoms with Crippen molar-refractivity contribution in [3.63, 3.8) is 0 Å². The fourth-order valence-electron chi connectivity index (χ4n) is 2.14. The molecule has 6 nitrogen and oxygen atoms in total. The van der Waals surface area contributed by atoms with Gasteiger partial charge in [0, 0.05) is 5.69 Å². The van der Waals surface area contributed by atoms with Crippen LogP contribution in [0.15, 0.2) is 54.7 Å². The normalized spacial score (nSPS) is 11.4. The zero-order chi connectivity index (χ0) is 16.4. The third kappa shape index (κ3) is 3.55. The Morgan fingerprint density at radius 1 is 1.09 bits per heavy atom. The summed E-state index contributed by atoms with van der Waals surface area (Å²) in [7, 11) is -3.80. The quantitative estimate of drug-likeness (QED) is 0.684. The van der Waals surface area contributed by atoms with Crippen LogP contribution >= 0.6 is 0 Å². The monoisotopic (exact) mass is 332 g/mol. The average molecular weight is 332 g/mol. The molecular weight excluding hydrogens is 319 g/mol. The van der Waals surface area contributed by atoms with Crippen LogP contribution in [0.25, 0.3) is 22.6 Å². The summed E-state index contributed by atoms with van der Waals surface area (Å²) in [5.74, 6) is 0.0611. The van der Waals surface area contributed by atoms with Crippen LogP contribution in [0.2, 0.25) is 0 Å². The van der Waals surface area contributed by atoms with Gasteiger partial charge in [-0.3, -0.25) is 4.72 Å². The first-order valence-corrected chi connectivity index (χ1v) is 8.18. The topological polar surface area (TPSA) is 101 Å². The van der Waals surface area contributed by atoms with E-state index in [9.17, 15) is 12.8 Å². The number of nitrogens with zero attached hydrogens (tertiary/aromatic N) is 1. The molecule has 0 aliphatic heterocycles. The van der Waals surface area contributed by atoms with Gasteiger partial charge in [-0.15, -0.1) is 0 Å². The number of nitrogens with two attached hydrogens (primary N) is 1. The Labute approximate surface area is 132 Å². The van der Waals surface area contributed by atoms with Crippen molar-refractivity contribution in [2.45, 2.75) is 0 Å². The van der Waals surface area contributed by atoms with Gasteiger partial charge in [-0.2, -0.15) is 8.42 Å². The lowest BCUT2D eigenvalue weighted by Gasteiger charge is -2.04. The third-order valence-electron chi connectivity index (χ3n) is 3.16. The fraction of sp³-hybridized carbons (Fsp3) is 0. The van der Waals surface area contributed by atoms with Crippen LogP contribution in [0.3, 0.4) is 0 Å². The highest BCUT2D eigenvalue weighted by Gasteiger charge is 2.09. The summed E-state index contributed by atoms with van der Waals surface area (Å²) in [6, 6.07) is 12.9. The van der Waals surface area contributed by atoms with Crippen LogP contribution in [-0.2, 0) is 10.2 Å². The van der Waals surface area contributed by atoms with Gasteiger partial charge in [0.05, 0.1) is 17.5 Å². The lowest BCUT2D eigenvalue weighted by molar-refractivity contribution is 0.603. The molecule has 0 spiro atoms. The molecule has 0 saturated carbocycles. The van der Waals surface area contributed by atoms with Crippen molar-refractivity contribution in [1.82, 2.24) is 9.97 Å². The van der Waals surface area contributed by atoms with E-state index in [2.05, 4.69) is 14.7 Å². The van der Waals surface area contributed by atoms with Gasteiger partial charge in [-0.25, -0.2) is 14.5 Å². The lowest BCUT2D eigenvalue weighted by Crippen LogP contribution is -2.21. The van der Waals surface area contributed by atoms with Crippen LogP contribution < -0.4 is 9.86 Å². The molecule has 0 aliphatic carbocycles. The smallest absolute Gasteiger partial charge is 0.296 e. The number of H-pyrrole nitrogens is 1. The molecule has 0 aliphatic rings. The maximum absolute atomic E-state index is 13.8. The number of benzene rings is 2. The maximum atomic E-state index is 13.8. The second kappa shape index (κ2) is 5.82. The van der Waals surface area contributed by atoms with E-state index in [1.807, 2.05) is 0 Å². The number of rotatable bonds is 4. The molecule has 0 bridgehead atoms. The van der Waals surface area contributed by atoms with Crippen molar-refractivity contribution in [1.29, 1.82) is 0 Å². The molecule has 0 radical (unpaired) electrons. The van der Waals surface area contributed by atoms with E-state index in [-0.39, 0.29) is 5.82 Å².